The molecule has 0 spiro atoms. The summed E-state index contributed by atoms with van der Waals surface area (Å²) in [7, 11) is 0. The van der Waals surface area contributed by atoms with Gasteiger partial charge in [-0.05, 0) is 31.8 Å². The molecule has 0 bridgehead atoms. The Morgan fingerprint density at radius 3 is 3.09 bits per heavy atom. The molecule has 0 aromatic carbocycles. The molecule has 0 aromatic heterocycles. The number of hydrogen-bond donors (Lipinski definition) is 3. The molecule has 1 atom stereocenters. The summed E-state index contributed by atoms with van der Waals surface area (Å²) in [6.07, 6.45) is 3.09. The molecule has 1 aliphatic rings. The highest BCUT2D eigenvalue weighted by Gasteiger charge is 2.13. The van der Waals surface area contributed by atoms with Gasteiger partial charge >= 0.3 is 0 Å². The van der Waals surface area contributed by atoms with E-state index in [0.29, 0.717) is 18.2 Å². The highest BCUT2D eigenvalue weighted by molar-refractivity contribution is 5.79. The molecule has 1 aliphatic heterocycles. The summed E-state index contributed by atoms with van der Waals surface area (Å²) in [6, 6.07) is 0. The summed E-state index contributed by atoms with van der Waals surface area (Å²) in [5.74, 6) is 0.901. The van der Waals surface area contributed by atoms with Crippen LogP contribution in [0.25, 0.3) is 0 Å². The average Bonchev–Trinajstić information content (AvgIpc) is 2.06. The summed E-state index contributed by atoms with van der Waals surface area (Å²) in [6.45, 7) is 2.10. The van der Waals surface area contributed by atoms with Crippen LogP contribution in [0, 0.1) is 5.92 Å². The fourth-order valence-electron chi connectivity index (χ4n) is 1.43. The van der Waals surface area contributed by atoms with E-state index in [1.165, 1.54) is 12.8 Å². The van der Waals surface area contributed by atoms with Gasteiger partial charge in [-0.3, -0.25) is 0 Å². The lowest BCUT2D eigenvalue weighted by Gasteiger charge is -2.21. The normalized spacial score (nSPS) is 26.9. The van der Waals surface area contributed by atoms with Crippen LogP contribution in [-0.2, 0) is 0 Å². The van der Waals surface area contributed by atoms with E-state index in [9.17, 15) is 0 Å². The van der Waals surface area contributed by atoms with Crippen LogP contribution in [0.15, 0.2) is 5.16 Å². The van der Waals surface area contributed by atoms with Gasteiger partial charge in [-0.1, -0.05) is 5.16 Å². The predicted molar refractivity (Wildman–Crippen MR) is 43.6 cm³/mol. The second-order valence-corrected chi connectivity index (χ2v) is 3.01. The summed E-state index contributed by atoms with van der Waals surface area (Å²) in [4.78, 5) is 0. The van der Waals surface area contributed by atoms with Gasteiger partial charge in [-0.15, -0.1) is 0 Å². The second-order valence-electron chi connectivity index (χ2n) is 3.01. The standard InChI is InChI=1S/C7H15N3O/c8-7(10-11)4-6-2-1-3-9-5-6/h6,9,11H,1-5H2,(H2,8,10). The number of amidine groups is 1. The SMILES string of the molecule is N/C(CC1CCCNC1)=N\O. The van der Waals surface area contributed by atoms with Crippen molar-refractivity contribution in [3.05, 3.63) is 0 Å². The first kappa shape index (κ1) is 8.33. The van der Waals surface area contributed by atoms with Crippen molar-refractivity contribution in [1.82, 2.24) is 5.32 Å². The molecule has 0 radical (unpaired) electrons. The van der Waals surface area contributed by atoms with Crippen LogP contribution < -0.4 is 11.1 Å². The lowest BCUT2D eigenvalue weighted by Crippen LogP contribution is -2.32. The Balaban J connectivity index is 2.24. The van der Waals surface area contributed by atoms with E-state index in [1.54, 1.807) is 0 Å². The lowest BCUT2D eigenvalue weighted by molar-refractivity contribution is 0.312. The minimum absolute atomic E-state index is 0.346. The number of piperidine rings is 1. The van der Waals surface area contributed by atoms with E-state index in [2.05, 4.69) is 10.5 Å². The van der Waals surface area contributed by atoms with E-state index in [0.717, 1.165) is 13.1 Å². The lowest BCUT2D eigenvalue weighted by atomic mass is 9.96. The molecule has 1 saturated heterocycles. The maximum absolute atomic E-state index is 8.31. The first-order valence-electron chi connectivity index (χ1n) is 4.00. The monoisotopic (exact) mass is 157 g/mol. The molecule has 64 valence electrons. The molecule has 0 saturated carbocycles. The minimum atomic E-state index is 0.346. The average molecular weight is 157 g/mol. The molecule has 0 aromatic rings. The first-order chi connectivity index (χ1) is 5.33. The van der Waals surface area contributed by atoms with Crippen LogP contribution in [0.4, 0.5) is 0 Å². The Kier molecular flexibility index (Phi) is 3.16. The van der Waals surface area contributed by atoms with Gasteiger partial charge in [0.05, 0.1) is 0 Å². The van der Waals surface area contributed by atoms with E-state index < -0.39 is 0 Å². The third-order valence-electron chi connectivity index (χ3n) is 2.03. The minimum Gasteiger partial charge on any atom is -0.409 e. The fraction of sp³-hybridized carbons (Fsp3) is 0.857. The van der Waals surface area contributed by atoms with E-state index in [1.807, 2.05) is 0 Å². The number of hydrogen-bond acceptors (Lipinski definition) is 3. The van der Waals surface area contributed by atoms with Gasteiger partial charge in [0.2, 0.25) is 0 Å². The third kappa shape index (κ3) is 2.76. The molecule has 1 unspecified atom stereocenters. The molecule has 4 N–H and O–H groups in total. The molecule has 1 fully saturated rings. The Morgan fingerprint density at radius 2 is 2.55 bits per heavy atom. The van der Waals surface area contributed by atoms with Crippen molar-refractivity contribution < 1.29 is 5.21 Å². The van der Waals surface area contributed by atoms with Gasteiger partial charge in [0.15, 0.2) is 0 Å². The van der Waals surface area contributed by atoms with Crippen molar-refractivity contribution in [2.45, 2.75) is 19.3 Å². The topological polar surface area (TPSA) is 70.6 Å². The Bertz CT molecular complexity index is 141. The zero-order chi connectivity index (χ0) is 8.10. The summed E-state index contributed by atoms with van der Waals surface area (Å²) in [5, 5.41) is 14.5. The molecule has 0 aliphatic carbocycles. The molecule has 4 heteroatoms. The molecule has 0 amide bonds. The quantitative estimate of drug-likeness (QED) is 0.231. The highest BCUT2D eigenvalue weighted by atomic mass is 16.4. The molecule has 1 rings (SSSR count). The highest BCUT2D eigenvalue weighted by Crippen LogP contribution is 2.13. The smallest absolute Gasteiger partial charge is 0.139 e. The van der Waals surface area contributed by atoms with E-state index in [4.69, 9.17) is 10.9 Å². The Hall–Kier alpha value is -0.770. The van der Waals surface area contributed by atoms with Crippen LogP contribution in [0.3, 0.4) is 0 Å². The van der Waals surface area contributed by atoms with Crippen molar-refractivity contribution in [2.24, 2.45) is 16.8 Å². The van der Waals surface area contributed by atoms with Crippen LogP contribution in [0.1, 0.15) is 19.3 Å². The Labute approximate surface area is 66.5 Å². The van der Waals surface area contributed by atoms with Gasteiger partial charge in [0.1, 0.15) is 5.84 Å². The van der Waals surface area contributed by atoms with Crippen LogP contribution in [0.5, 0.6) is 0 Å². The number of nitrogens with zero attached hydrogens (tertiary/aromatic N) is 1. The van der Waals surface area contributed by atoms with E-state index >= 15 is 0 Å². The van der Waals surface area contributed by atoms with Crippen molar-refractivity contribution in [2.75, 3.05) is 13.1 Å². The molecule has 11 heavy (non-hydrogen) atoms. The van der Waals surface area contributed by atoms with Crippen molar-refractivity contribution in [3.8, 4) is 0 Å². The zero-order valence-electron chi connectivity index (χ0n) is 6.58. The van der Waals surface area contributed by atoms with Crippen LogP contribution in [0.2, 0.25) is 0 Å². The number of nitrogens with two attached hydrogens (primary N) is 1. The van der Waals surface area contributed by atoms with Crippen molar-refractivity contribution in [3.63, 3.8) is 0 Å². The van der Waals surface area contributed by atoms with E-state index in [-0.39, 0.29) is 0 Å². The molecule has 4 nitrogen and oxygen atoms in total. The zero-order valence-corrected chi connectivity index (χ0v) is 6.58. The van der Waals surface area contributed by atoms with Gasteiger partial charge in [0.25, 0.3) is 0 Å². The summed E-state index contributed by atoms with van der Waals surface area (Å²) in [5.41, 5.74) is 5.38. The van der Waals surface area contributed by atoms with Crippen molar-refractivity contribution in [1.29, 1.82) is 0 Å². The molecular weight excluding hydrogens is 142 g/mol. The van der Waals surface area contributed by atoms with Crippen LogP contribution >= 0.6 is 0 Å². The van der Waals surface area contributed by atoms with Gasteiger partial charge in [-0.25, -0.2) is 0 Å². The molecule has 1 heterocycles. The maximum atomic E-state index is 8.31. The van der Waals surface area contributed by atoms with Gasteiger partial charge in [-0.2, -0.15) is 0 Å². The Morgan fingerprint density at radius 1 is 1.73 bits per heavy atom. The third-order valence-corrected chi connectivity index (χ3v) is 2.03. The van der Waals surface area contributed by atoms with Gasteiger partial charge in [0, 0.05) is 6.42 Å². The summed E-state index contributed by atoms with van der Waals surface area (Å²) >= 11 is 0. The van der Waals surface area contributed by atoms with Crippen LogP contribution in [-0.4, -0.2) is 24.1 Å². The van der Waals surface area contributed by atoms with Crippen molar-refractivity contribution >= 4 is 5.84 Å². The molecular formula is C7H15N3O. The number of rotatable bonds is 2. The van der Waals surface area contributed by atoms with Gasteiger partial charge < -0.3 is 16.3 Å². The maximum Gasteiger partial charge on any atom is 0.139 e. The first-order valence-corrected chi connectivity index (χ1v) is 4.00. The number of oxime groups is 1. The largest absolute Gasteiger partial charge is 0.409 e. The number of nitrogens with one attached hydrogen (secondary N) is 1. The predicted octanol–water partition coefficient (Wildman–Crippen LogP) is 0.122. The summed E-state index contributed by atoms with van der Waals surface area (Å²) < 4.78 is 0. The fourth-order valence-corrected chi connectivity index (χ4v) is 1.43. The second kappa shape index (κ2) is 4.18.